The number of fused-ring (bicyclic) bond motifs is 1. The predicted molar refractivity (Wildman–Crippen MR) is 94.7 cm³/mol. The van der Waals surface area contributed by atoms with Gasteiger partial charge in [-0.05, 0) is 37.1 Å². The fourth-order valence-electron chi connectivity index (χ4n) is 3.40. The number of aromatic nitrogens is 2. The van der Waals surface area contributed by atoms with Crippen molar-refractivity contribution in [2.24, 2.45) is 0 Å². The molecule has 0 spiro atoms. The highest BCUT2D eigenvalue weighted by molar-refractivity contribution is 7.15. The molecule has 1 atom stereocenters. The number of methoxy groups -OCH3 is 1. The van der Waals surface area contributed by atoms with E-state index in [2.05, 4.69) is 22.0 Å². The number of benzene rings is 1. The van der Waals surface area contributed by atoms with E-state index < -0.39 is 0 Å². The molecule has 5 nitrogen and oxygen atoms in total. The van der Waals surface area contributed by atoms with Gasteiger partial charge in [0, 0.05) is 30.2 Å². The van der Waals surface area contributed by atoms with Crippen LogP contribution in [0.15, 0.2) is 46.7 Å². The number of ether oxygens (including phenoxy) is 1. The molecular formula is C18H19N3O2S. The van der Waals surface area contributed by atoms with Crippen LogP contribution in [0.1, 0.15) is 30.1 Å². The van der Waals surface area contributed by atoms with Crippen LogP contribution in [0.2, 0.25) is 0 Å². The third-order valence-electron chi connectivity index (χ3n) is 4.59. The summed E-state index contributed by atoms with van der Waals surface area (Å²) in [5, 5.41) is 1.89. The number of hydrogen-bond donors (Lipinski definition) is 0. The monoisotopic (exact) mass is 341 g/mol. The van der Waals surface area contributed by atoms with Crippen LogP contribution in [0.4, 0.5) is 0 Å². The van der Waals surface area contributed by atoms with E-state index >= 15 is 0 Å². The van der Waals surface area contributed by atoms with Crippen LogP contribution in [0.25, 0.3) is 4.96 Å². The molecule has 1 aromatic carbocycles. The Balaban J connectivity index is 1.58. The Kier molecular flexibility index (Phi) is 4.08. The van der Waals surface area contributed by atoms with Crippen molar-refractivity contribution in [3.63, 3.8) is 0 Å². The summed E-state index contributed by atoms with van der Waals surface area (Å²) in [5.74, 6) is 0.876. The molecule has 1 aliphatic rings. The highest BCUT2D eigenvalue weighted by atomic mass is 32.1. The van der Waals surface area contributed by atoms with E-state index in [1.165, 1.54) is 16.9 Å². The van der Waals surface area contributed by atoms with Crippen molar-refractivity contribution in [1.82, 2.24) is 14.3 Å². The van der Waals surface area contributed by atoms with Gasteiger partial charge in [-0.15, -0.1) is 11.3 Å². The molecule has 0 N–H and O–H groups in total. The maximum Gasteiger partial charge on any atom is 0.258 e. The molecule has 1 fully saturated rings. The Labute approximate surface area is 144 Å². The summed E-state index contributed by atoms with van der Waals surface area (Å²) in [4.78, 5) is 20.0. The van der Waals surface area contributed by atoms with Crippen LogP contribution in [-0.4, -0.2) is 27.9 Å². The van der Waals surface area contributed by atoms with Crippen molar-refractivity contribution < 1.29 is 4.74 Å². The molecule has 0 aliphatic carbocycles. The topological polar surface area (TPSA) is 46.8 Å². The first-order chi connectivity index (χ1) is 11.7. The molecule has 4 rings (SSSR count). The fourth-order valence-corrected chi connectivity index (χ4v) is 4.13. The zero-order chi connectivity index (χ0) is 16.5. The minimum absolute atomic E-state index is 0.00329. The van der Waals surface area contributed by atoms with E-state index in [1.807, 2.05) is 17.5 Å². The number of hydrogen-bond acceptors (Lipinski definition) is 5. The Bertz CT molecular complexity index is 901. The van der Waals surface area contributed by atoms with E-state index in [-0.39, 0.29) is 5.56 Å². The van der Waals surface area contributed by atoms with Gasteiger partial charge >= 0.3 is 0 Å². The summed E-state index contributed by atoms with van der Waals surface area (Å²) < 4.78 is 6.84. The van der Waals surface area contributed by atoms with Crippen molar-refractivity contribution in [3.05, 3.63) is 63.5 Å². The summed E-state index contributed by atoms with van der Waals surface area (Å²) in [7, 11) is 1.68. The van der Waals surface area contributed by atoms with Gasteiger partial charge in [-0.25, -0.2) is 4.98 Å². The number of thiazole rings is 1. The molecule has 24 heavy (non-hydrogen) atoms. The summed E-state index contributed by atoms with van der Waals surface area (Å²) in [6, 6.07) is 10.3. The molecule has 1 aliphatic heterocycles. The van der Waals surface area contributed by atoms with Crippen LogP contribution in [-0.2, 0) is 6.54 Å². The van der Waals surface area contributed by atoms with E-state index in [9.17, 15) is 4.79 Å². The molecule has 3 aromatic rings. The van der Waals surface area contributed by atoms with Crippen molar-refractivity contribution in [1.29, 1.82) is 0 Å². The standard InChI is InChI=1S/C18H19N3O2S/c1-23-15-6-4-13(5-7-15)16-3-2-8-20(16)12-14-11-17(22)21-9-10-24-18(21)19-14/h4-7,9-11,16H,2-3,8,12H2,1H3. The third kappa shape index (κ3) is 2.83. The van der Waals surface area contributed by atoms with Crippen LogP contribution in [0.5, 0.6) is 5.75 Å². The number of likely N-dealkylation sites (tertiary alicyclic amines) is 1. The predicted octanol–water partition coefficient (Wildman–Crippen LogP) is 3.10. The molecule has 0 amide bonds. The Hall–Kier alpha value is -2.18. The van der Waals surface area contributed by atoms with Gasteiger partial charge in [0.25, 0.3) is 5.56 Å². The Morgan fingerprint density at radius 3 is 2.96 bits per heavy atom. The lowest BCUT2D eigenvalue weighted by Crippen LogP contribution is -2.25. The highest BCUT2D eigenvalue weighted by Crippen LogP contribution is 2.33. The zero-order valence-corrected chi connectivity index (χ0v) is 14.3. The Morgan fingerprint density at radius 2 is 2.17 bits per heavy atom. The number of nitrogens with zero attached hydrogens (tertiary/aromatic N) is 3. The van der Waals surface area contributed by atoms with Crippen molar-refractivity contribution in [3.8, 4) is 5.75 Å². The average Bonchev–Trinajstić information content (AvgIpc) is 3.24. The first-order valence-corrected chi connectivity index (χ1v) is 8.96. The van der Waals surface area contributed by atoms with Gasteiger partial charge in [0.1, 0.15) is 5.75 Å². The summed E-state index contributed by atoms with van der Waals surface area (Å²) >= 11 is 1.49. The SMILES string of the molecule is COc1ccc(C2CCCN2Cc2cc(=O)n3ccsc3n2)cc1. The van der Waals surface area contributed by atoms with Gasteiger partial charge in [0.15, 0.2) is 4.96 Å². The van der Waals surface area contributed by atoms with Crippen molar-refractivity contribution in [2.75, 3.05) is 13.7 Å². The molecule has 0 saturated carbocycles. The van der Waals surface area contributed by atoms with Crippen LogP contribution >= 0.6 is 11.3 Å². The average molecular weight is 341 g/mol. The van der Waals surface area contributed by atoms with Crippen LogP contribution in [0.3, 0.4) is 0 Å². The van der Waals surface area contributed by atoms with Crippen LogP contribution < -0.4 is 10.3 Å². The fraction of sp³-hybridized carbons (Fsp3) is 0.333. The lowest BCUT2D eigenvalue weighted by Gasteiger charge is -2.24. The van der Waals surface area contributed by atoms with Gasteiger partial charge in [0.05, 0.1) is 12.8 Å². The molecule has 0 radical (unpaired) electrons. The number of rotatable bonds is 4. The minimum atomic E-state index is -0.00329. The zero-order valence-electron chi connectivity index (χ0n) is 13.5. The van der Waals surface area contributed by atoms with Crippen molar-refractivity contribution in [2.45, 2.75) is 25.4 Å². The lowest BCUT2D eigenvalue weighted by atomic mass is 10.0. The maximum absolute atomic E-state index is 12.2. The lowest BCUT2D eigenvalue weighted by molar-refractivity contribution is 0.245. The normalized spacial score (nSPS) is 18.3. The highest BCUT2D eigenvalue weighted by Gasteiger charge is 2.26. The van der Waals surface area contributed by atoms with E-state index in [1.54, 1.807) is 23.8 Å². The second-order valence-electron chi connectivity index (χ2n) is 6.04. The van der Waals surface area contributed by atoms with Gasteiger partial charge < -0.3 is 4.74 Å². The molecule has 124 valence electrons. The molecule has 0 bridgehead atoms. The second-order valence-corrected chi connectivity index (χ2v) is 6.92. The molecule has 2 aromatic heterocycles. The quantitative estimate of drug-likeness (QED) is 0.732. The molecule has 1 unspecified atom stereocenters. The Morgan fingerprint density at radius 1 is 1.33 bits per heavy atom. The smallest absolute Gasteiger partial charge is 0.258 e. The maximum atomic E-state index is 12.2. The molecule has 3 heterocycles. The van der Waals surface area contributed by atoms with Gasteiger partial charge in [-0.2, -0.15) is 0 Å². The van der Waals surface area contributed by atoms with E-state index in [0.29, 0.717) is 12.6 Å². The van der Waals surface area contributed by atoms with Crippen LogP contribution in [0, 0.1) is 0 Å². The summed E-state index contributed by atoms with van der Waals surface area (Å²) in [5.41, 5.74) is 2.14. The van der Waals surface area contributed by atoms with E-state index in [4.69, 9.17) is 4.74 Å². The van der Waals surface area contributed by atoms with Gasteiger partial charge in [-0.1, -0.05) is 12.1 Å². The molecular weight excluding hydrogens is 322 g/mol. The third-order valence-corrected chi connectivity index (χ3v) is 5.34. The van der Waals surface area contributed by atoms with Crippen molar-refractivity contribution >= 4 is 16.3 Å². The summed E-state index contributed by atoms with van der Waals surface area (Å²) in [6.07, 6.45) is 4.07. The van der Waals surface area contributed by atoms with Gasteiger partial charge in [0.2, 0.25) is 0 Å². The van der Waals surface area contributed by atoms with E-state index in [0.717, 1.165) is 35.8 Å². The summed E-state index contributed by atoms with van der Waals surface area (Å²) in [6.45, 7) is 1.74. The first kappa shape index (κ1) is 15.4. The van der Waals surface area contributed by atoms with Gasteiger partial charge in [-0.3, -0.25) is 14.1 Å². The first-order valence-electron chi connectivity index (χ1n) is 8.08. The molecule has 1 saturated heterocycles. The molecule has 6 heteroatoms. The minimum Gasteiger partial charge on any atom is -0.497 e. The largest absolute Gasteiger partial charge is 0.497 e. The second kappa shape index (κ2) is 6.37.